The number of carbonyl (C=O) groups is 4. The molecule has 4 fully saturated rings. The lowest BCUT2D eigenvalue weighted by atomic mass is 9.82. The summed E-state index contributed by atoms with van der Waals surface area (Å²) in [5.74, 6) is -0.967. The maximum Gasteiger partial charge on any atom is 0.241 e. The lowest BCUT2D eigenvalue weighted by Crippen LogP contribution is -2.42. The Labute approximate surface area is 341 Å². The number of nitrogens with zero attached hydrogens (tertiary/aromatic N) is 2. The van der Waals surface area contributed by atoms with E-state index in [0.717, 1.165) is 11.1 Å². The standard InChI is InChI=1S/2C22H15Cl2NO3/c2*1-21-18(19(26)25(20(21)27)16-11-14(23)10-15(24)12-16)22(21,17-8-5-9-28-17)13-6-3-2-4-7-13/h2*2-12,18H,1H3/t18-,21-,22+;18-,21-,22-/m11/s1. The Balaban J connectivity index is 0.000000146. The summed E-state index contributed by atoms with van der Waals surface area (Å²) in [6.45, 7) is 3.67. The second-order valence-corrected chi connectivity index (χ2v) is 16.5. The zero-order chi connectivity index (χ0) is 39.4. The molecule has 0 unspecified atom stereocenters. The van der Waals surface area contributed by atoms with E-state index >= 15 is 0 Å². The Kier molecular flexibility index (Phi) is 8.28. The fourth-order valence-corrected chi connectivity index (χ4v) is 10.9. The van der Waals surface area contributed by atoms with E-state index in [-0.39, 0.29) is 23.6 Å². The van der Waals surface area contributed by atoms with Gasteiger partial charge >= 0.3 is 0 Å². The molecule has 2 saturated heterocycles. The molecule has 0 bridgehead atoms. The summed E-state index contributed by atoms with van der Waals surface area (Å²) in [7, 11) is 0. The maximum atomic E-state index is 13.6. The zero-order valence-corrected chi connectivity index (χ0v) is 32.7. The van der Waals surface area contributed by atoms with Gasteiger partial charge in [0.25, 0.3) is 0 Å². The topological polar surface area (TPSA) is 101 Å². The van der Waals surface area contributed by atoms with Gasteiger partial charge in [0.1, 0.15) is 11.5 Å². The van der Waals surface area contributed by atoms with Crippen LogP contribution in [0.4, 0.5) is 11.4 Å². The summed E-state index contributed by atoms with van der Waals surface area (Å²) in [4.78, 5) is 56.4. The number of halogens is 4. The van der Waals surface area contributed by atoms with E-state index in [1.165, 1.54) is 9.80 Å². The van der Waals surface area contributed by atoms with Gasteiger partial charge in [0.05, 0.1) is 57.4 Å². The monoisotopic (exact) mass is 822 g/mol. The van der Waals surface area contributed by atoms with E-state index < -0.39 is 33.5 Å². The number of piperidine rings is 2. The van der Waals surface area contributed by atoms with Crippen molar-refractivity contribution in [3.05, 3.63) is 177 Å². The lowest BCUT2D eigenvalue weighted by molar-refractivity contribution is -0.127. The van der Waals surface area contributed by atoms with Crippen LogP contribution in [0.3, 0.4) is 0 Å². The fourth-order valence-electron chi connectivity index (χ4n) is 9.86. The molecule has 56 heavy (non-hydrogen) atoms. The van der Waals surface area contributed by atoms with E-state index in [9.17, 15) is 19.2 Å². The molecule has 280 valence electrons. The van der Waals surface area contributed by atoms with Crippen LogP contribution in [0.1, 0.15) is 36.5 Å². The molecule has 2 saturated carbocycles. The van der Waals surface area contributed by atoms with Gasteiger partial charge in [0.15, 0.2) is 0 Å². The van der Waals surface area contributed by atoms with Crippen molar-refractivity contribution in [1.29, 1.82) is 0 Å². The fraction of sp³-hybridized carbons (Fsp3) is 0.182. The molecule has 4 aromatic carbocycles. The van der Waals surface area contributed by atoms with Gasteiger partial charge in [-0.1, -0.05) is 107 Å². The quantitative estimate of drug-likeness (QED) is 0.155. The number of benzene rings is 4. The highest BCUT2D eigenvalue weighted by Gasteiger charge is 2.89. The van der Waals surface area contributed by atoms with E-state index in [2.05, 4.69) is 0 Å². The van der Waals surface area contributed by atoms with Crippen LogP contribution in [0.2, 0.25) is 20.1 Å². The highest BCUT2D eigenvalue weighted by atomic mass is 35.5. The SMILES string of the molecule is C[C@]12C(=O)N(c3cc(Cl)cc(Cl)c3)C(=O)[C@H]1[C@@]2(c1ccccc1)c1ccco1.C[C@]12C(=O)N(c3cc(Cl)cc(Cl)c3)C(=O)[C@H]1[C@]2(c1ccccc1)c1ccco1. The van der Waals surface area contributed by atoms with E-state index in [1.807, 2.05) is 86.6 Å². The molecule has 0 N–H and O–H groups in total. The molecule has 4 amide bonds. The number of anilines is 2. The molecule has 6 atom stereocenters. The second kappa shape index (κ2) is 12.7. The average molecular weight is 825 g/mol. The molecule has 4 heterocycles. The average Bonchev–Trinajstić information content (AvgIpc) is 3.55. The smallest absolute Gasteiger partial charge is 0.241 e. The molecule has 6 aromatic rings. The Bertz CT molecular complexity index is 2360. The van der Waals surface area contributed by atoms with Gasteiger partial charge < -0.3 is 8.83 Å². The summed E-state index contributed by atoms with van der Waals surface area (Å²) < 4.78 is 11.5. The molecule has 0 radical (unpaired) electrons. The first-order valence-electron chi connectivity index (χ1n) is 17.7. The van der Waals surface area contributed by atoms with Crippen LogP contribution in [-0.2, 0) is 30.0 Å². The summed E-state index contributed by atoms with van der Waals surface area (Å²) in [6, 6.07) is 35.8. The Morgan fingerprint density at radius 1 is 0.482 bits per heavy atom. The number of hydrogen-bond acceptors (Lipinski definition) is 6. The third kappa shape index (κ3) is 4.67. The molecule has 12 heteroatoms. The van der Waals surface area contributed by atoms with Gasteiger partial charge in [-0.15, -0.1) is 0 Å². The van der Waals surface area contributed by atoms with Crippen molar-refractivity contribution >= 4 is 81.4 Å². The van der Waals surface area contributed by atoms with Crippen molar-refractivity contribution in [3.63, 3.8) is 0 Å². The second-order valence-electron chi connectivity index (χ2n) is 14.8. The maximum absolute atomic E-state index is 13.6. The Morgan fingerprint density at radius 3 is 1.09 bits per heavy atom. The van der Waals surface area contributed by atoms with E-state index in [1.54, 1.807) is 61.1 Å². The number of amides is 4. The summed E-state index contributed by atoms with van der Waals surface area (Å²) in [5.41, 5.74) is -0.957. The van der Waals surface area contributed by atoms with E-state index in [0.29, 0.717) is 43.0 Å². The number of hydrogen-bond donors (Lipinski definition) is 0. The summed E-state index contributed by atoms with van der Waals surface area (Å²) >= 11 is 24.4. The number of carbonyl (C=O) groups excluding carboxylic acids is 4. The predicted octanol–water partition coefficient (Wildman–Crippen LogP) is 10.2. The normalized spacial score (nSPS) is 28.5. The van der Waals surface area contributed by atoms with Crippen molar-refractivity contribution in [2.75, 3.05) is 9.80 Å². The molecule has 2 aliphatic heterocycles. The van der Waals surface area contributed by atoms with Gasteiger partial charge in [0, 0.05) is 20.1 Å². The van der Waals surface area contributed by atoms with Crippen LogP contribution >= 0.6 is 46.4 Å². The first-order valence-corrected chi connectivity index (χ1v) is 19.2. The third-order valence-electron chi connectivity index (χ3n) is 12.2. The predicted molar refractivity (Wildman–Crippen MR) is 213 cm³/mol. The molecule has 10 rings (SSSR count). The zero-order valence-electron chi connectivity index (χ0n) is 29.7. The highest BCUT2D eigenvalue weighted by molar-refractivity contribution is 6.37. The van der Waals surface area contributed by atoms with Gasteiger partial charge in [-0.05, 0) is 85.6 Å². The summed E-state index contributed by atoms with van der Waals surface area (Å²) in [6.07, 6.45) is 3.14. The molecule has 2 aliphatic carbocycles. The van der Waals surface area contributed by atoms with Gasteiger partial charge in [-0.3, -0.25) is 19.2 Å². The van der Waals surface area contributed by atoms with Crippen LogP contribution < -0.4 is 9.80 Å². The van der Waals surface area contributed by atoms with Crippen LogP contribution in [-0.4, -0.2) is 23.6 Å². The number of imide groups is 2. The van der Waals surface area contributed by atoms with Gasteiger partial charge in [0.2, 0.25) is 23.6 Å². The minimum atomic E-state index is -0.946. The first-order chi connectivity index (χ1) is 26.8. The molecule has 8 nitrogen and oxygen atoms in total. The first kappa shape index (κ1) is 36.5. The highest BCUT2D eigenvalue weighted by Crippen LogP contribution is 2.78. The van der Waals surface area contributed by atoms with Crippen LogP contribution in [0.5, 0.6) is 0 Å². The minimum Gasteiger partial charge on any atom is -0.468 e. The number of rotatable bonds is 6. The lowest BCUT2D eigenvalue weighted by Gasteiger charge is -2.27. The van der Waals surface area contributed by atoms with Gasteiger partial charge in [-0.25, -0.2) is 9.80 Å². The Morgan fingerprint density at radius 2 is 0.821 bits per heavy atom. The number of fused-ring (bicyclic) bond motifs is 2. The third-order valence-corrected chi connectivity index (χ3v) is 13.1. The van der Waals surface area contributed by atoms with Crippen LogP contribution in [0.15, 0.2) is 143 Å². The Hall–Kier alpha value is -5.12. The summed E-state index contributed by atoms with van der Waals surface area (Å²) in [5, 5.41) is 1.48. The van der Waals surface area contributed by atoms with Crippen LogP contribution in [0.25, 0.3) is 0 Å². The van der Waals surface area contributed by atoms with Crippen molar-refractivity contribution in [2.45, 2.75) is 24.7 Å². The van der Waals surface area contributed by atoms with Crippen molar-refractivity contribution in [1.82, 2.24) is 0 Å². The molecule has 2 aromatic heterocycles. The largest absolute Gasteiger partial charge is 0.468 e. The molecular formula is C44H30Cl4N2O6. The van der Waals surface area contributed by atoms with E-state index in [4.69, 9.17) is 55.2 Å². The molecule has 0 spiro atoms. The molecule has 4 aliphatic rings. The van der Waals surface area contributed by atoms with Gasteiger partial charge in [-0.2, -0.15) is 0 Å². The minimum absolute atomic E-state index is 0.272. The van der Waals surface area contributed by atoms with Crippen LogP contribution in [0, 0.1) is 22.7 Å². The van der Waals surface area contributed by atoms with Crippen molar-refractivity contribution in [3.8, 4) is 0 Å². The van der Waals surface area contributed by atoms with Crippen molar-refractivity contribution in [2.24, 2.45) is 22.7 Å². The molecular weight excluding hydrogens is 794 g/mol. The van der Waals surface area contributed by atoms with Crippen molar-refractivity contribution < 1.29 is 28.0 Å². The number of furan rings is 2.